The molecule has 0 atom stereocenters. The van der Waals surface area contributed by atoms with Crippen molar-refractivity contribution in [3.63, 3.8) is 0 Å². The van der Waals surface area contributed by atoms with E-state index >= 15 is 0 Å². The highest BCUT2D eigenvalue weighted by molar-refractivity contribution is 5.16. The summed E-state index contributed by atoms with van der Waals surface area (Å²) < 4.78 is 5.42. The molecule has 0 bridgehead atoms. The van der Waals surface area contributed by atoms with E-state index in [9.17, 15) is 0 Å². The van der Waals surface area contributed by atoms with Gasteiger partial charge in [-0.1, -0.05) is 6.08 Å². The maximum atomic E-state index is 5.42. The molecule has 0 unspecified atom stereocenters. The summed E-state index contributed by atoms with van der Waals surface area (Å²) in [5, 5.41) is 3.12. The molecule has 0 aliphatic heterocycles. The van der Waals surface area contributed by atoms with E-state index in [4.69, 9.17) is 4.42 Å². The number of hydrogen-bond donors (Lipinski definition) is 1. The predicted octanol–water partition coefficient (Wildman–Crippen LogP) is 1.62. The van der Waals surface area contributed by atoms with Crippen molar-refractivity contribution >= 4 is 0 Å². The predicted molar refractivity (Wildman–Crippen MR) is 58.0 cm³/mol. The number of nitrogens with zero attached hydrogens (tertiary/aromatic N) is 1. The lowest BCUT2D eigenvalue weighted by molar-refractivity contribution is 0.320. The molecule has 0 aromatic carbocycles. The maximum absolute atomic E-state index is 5.42. The zero-order valence-corrected chi connectivity index (χ0v) is 8.92. The number of likely N-dealkylation sites (N-methyl/N-ethyl adjacent to an activating group) is 1. The van der Waals surface area contributed by atoms with Crippen molar-refractivity contribution in [3.8, 4) is 0 Å². The Bertz CT molecular complexity index is 281. The highest BCUT2D eigenvalue weighted by Gasteiger charge is 2.07. The average molecular weight is 194 g/mol. The Morgan fingerprint density at radius 2 is 2.43 bits per heavy atom. The van der Waals surface area contributed by atoms with Crippen molar-refractivity contribution in [2.45, 2.75) is 13.1 Å². The van der Waals surface area contributed by atoms with Crippen molar-refractivity contribution in [2.24, 2.45) is 0 Å². The molecule has 1 N–H and O–H groups in total. The van der Waals surface area contributed by atoms with Crippen LogP contribution in [0.15, 0.2) is 29.4 Å². The van der Waals surface area contributed by atoms with Gasteiger partial charge in [-0.15, -0.1) is 6.58 Å². The van der Waals surface area contributed by atoms with Crippen molar-refractivity contribution in [1.82, 2.24) is 10.2 Å². The number of rotatable bonds is 6. The Hall–Kier alpha value is -1.06. The second kappa shape index (κ2) is 5.62. The zero-order chi connectivity index (χ0) is 10.4. The van der Waals surface area contributed by atoms with E-state index < -0.39 is 0 Å². The van der Waals surface area contributed by atoms with Gasteiger partial charge in [-0.25, -0.2) is 0 Å². The third kappa shape index (κ3) is 3.01. The third-order valence-corrected chi connectivity index (χ3v) is 2.06. The molecule has 0 aliphatic carbocycles. The molecule has 14 heavy (non-hydrogen) atoms. The molecule has 1 rings (SSSR count). The Morgan fingerprint density at radius 1 is 1.64 bits per heavy atom. The average Bonchev–Trinajstić information content (AvgIpc) is 2.54. The Balaban J connectivity index is 2.56. The van der Waals surface area contributed by atoms with Gasteiger partial charge in [0, 0.05) is 18.7 Å². The summed E-state index contributed by atoms with van der Waals surface area (Å²) in [6, 6.07) is 2.01. The van der Waals surface area contributed by atoms with Crippen molar-refractivity contribution in [1.29, 1.82) is 0 Å². The van der Waals surface area contributed by atoms with Crippen LogP contribution in [-0.4, -0.2) is 25.5 Å². The summed E-state index contributed by atoms with van der Waals surface area (Å²) in [6.45, 7) is 6.26. The van der Waals surface area contributed by atoms with Gasteiger partial charge in [-0.2, -0.15) is 0 Å². The molecule has 0 amide bonds. The van der Waals surface area contributed by atoms with Gasteiger partial charge in [0.25, 0.3) is 0 Å². The van der Waals surface area contributed by atoms with Gasteiger partial charge in [0.15, 0.2) is 0 Å². The Morgan fingerprint density at radius 3 is 3.07 bits per heavy atom. The highest BCUT2D eigenvalue weighted by Crippen LogP contribution is 2.12. The van der Waals surface area contributed by atoms with Crippen LogP contribution in [-0.2, 0) is 13.1 Å². The summed E-state index contributed by atoms with van der Waals surface area (Å²) in [6.07, 6.45) is 3.63. The van der Waals surface area contributed by atoms with Gasteiger partial charge in [0.1, 0.15) is 5.76 Å². The quantitative estimate of drug-likeness (QED) is 0.697. The maximum Gasteiger partial charge on any atom is 0.122 e. The molecule has 1 aromatic heterocycles. The van der Waals surface area contributed by atoms with Crippen LogP contribution < -0.4 is 5.32 Å². The van der Waals surface area contributed by atoms with E-state index in [1.165, 1.54) is 5.56 Å². The van der Waals surface area contributed by atoms with Crippen LogP contribution in [0.3, 0.4) is 0 Å². The minimum Gasteiger partial charge on any atom is -0.468 e. The van der Waals surface area contributed by atoms with Gasteiger partial charge >= 0.3 is 0 Å². The molecular weight excluding hydrogens is 176 g/mol. The number of hydrogen-bond acceptors (Lipinski definition) is 3. The minimum absolute atomic E-state index is 0.829. The molecule has 0 spiro atoms. The van der Waals surface area contributed by atoms with Crippen LogP contribution in [0.25, 0.3) is 0 Å². The number of furan rings is 1. The lowest BCUT2D eigenvalue weighted by atomic mass is 10.2. The molecule has 3 heteroatoms. The van der Waals surface area contributed by atoms with E-state index in [2.05, 4.69) is 16.8 Å². The van der Waals surface area contributed by atoms with E-state index in [0.29, 0.717) is 0 Å². The molecule has 1 aromatic rings. The van der Waals surface area contributed by atoms with Crippen LogP contribution in [0, 0.1) is 0 Å². The highest BCUT2D eigenvalue weighted by atomic mass is 16.3. The van der Waals surface area contributed by atoms with Crippen LogP contribution >= 0.6 is 0 Å². The minimum atomic E-state index is 0.829. The van der Waals surface area contributed by atoms with E-state index in [1.54, 1.807) is 6.26 Å². The summed E-state index contributed by atoms with van der Waals surface area (Å²) in [5.41, 5.74) is 1.23. The van der Waals surface area contributed by atoms with E-state index in [1.807, 2.05) is 26.2 Å². The SMILES string of the molecule is C=CCN(C)Cc1occc1CNC. The van der Waals surface area contributed by atoms with Crippen molar-refractivity contribution in [3.05, 3.63) is 36.3 Å². The lowest BCUT2D eigenvalue weighted by Gasteiger charge is -2.13. The largest absolute Gasteiger partial charge is 0.468 e. The summed E-state index contributed by atoms with van der Waals surface area (Å²) in [7, 11) is 3.98. The lowest BCUT2D eigenvalue weighted by Crippen LogP contribution is -2.18. The molecular formula is C11H18N2O. The fourth-order valence-electron chi connectivity index (χ4n) is 1.38. The van der Waals surface area contributed by atoms with Gasteiger partial charge in [0.05, 0.1) is 12.8 Å². The fourth-order valence-corrected chi connectivity index (χ4v) is 1.38. The first kappa shape index (κ1) is 11.0. The second-order valence-electron chi connectivity index (χ2n) is 3.38. The first-order chi connectivity index (χ1) is 6.77. The molecule has 0 aliphatic rings. The fraction of sp³-hybridized carbons (Fsp3) is 0.455. The van der Waals surface area contributed by atoms with Crippen LogP contribution in [0.1, 0.15) is 11.3 Å². The first-order valence-corrected chi connectivity index (χ1v) is 4.77. The topological polar surface area (TPSA) is 28.4 Å². The first-order valence-electron chi connectivity index (χ1n) is 4.77. The second-order valence-corrected chi connectivity index (χ2v) is 3.38. The Labute approximate surface area is 85.4 Å². The van der Waals surface area contributed by atoms with Gasteiger partial charge in [-0.3, -0.25) is 4.90 Å². The van der Waals surface area contributed by atoms with Gasteiger partial charge < -0.3 is 9.73 Å². The Kier molecular flexibility index (Phi) is 4.43. The van der Waals surface area contributed by atoms with Crippen molar-refractivity contribution in [2.75, 3.05) is 20.6 Å². The summed E-state index contributed by atoms with van der Waals surface area (Å²) >= 11 is 0. The number of nitrogens with one attached hydrogen (secondary N) is 1. The standard InChI is InChI=1S/C11H18N2O/c1-4-6-13(3)9-11-10(8-12-2)5-7-14-11/h4-5,7,12H,1,6,8-9H2,2-3H3. The molecule has 0 saturated heterocycles. The molecule has 0 radical (unpaired) electrons. The van der Waals surface area contributed by atoms with Crippen LogP contribution in [0.5, 0.6) is 0 Å². The van der Waals surface area contributed by atoms with E-state index in [-0.39, 0.29) is 0 Å². The third-order valence-electron chi connectivity index (χ3n) is 2.06. The van der Waals surface area contributed by atoms with Crippen molar-refractivity contribution < 1.29 is 4.42 Å². The summed E-state index contributed by atoms with van der Waals surface area (Å²) in [5.74, 6) is 1.03. The smallest absolute Gasteiger partial charge is 0.122 e. The normalized spacial score (nSPS) is 10.8. The van der Waals surface area contributed by atoms with E-state index in [0.717, 1.165) is 25.4 Å². The summed E-state index contributed by atoms with van der Waals surface area (Å²) in [4.78, 5) is 2.16. The molecule has 1 heterocycles. The molecule has 0 fully saturated rings. The molecule has 78 valence electrons. The van der Waals surface area contributed by atoms with Gasteiger partial charge in [0.2, 0.25) is 0 Å². The zero-order valence-electron chi connectivity index (χ0n) is 8.92. The molecule has 0 saturated carbocycles. The monoisotopic (exact) mass is 194 g/mol. The van der Waals surface area contributed by atoms with Crippen LogP contribution in [0.2, 0.25) is 0 Å². The van der Waals surface area contributed by atoms with Gasteiger partial charge in [-0.05, 0) is 20.2 Å². The van der Waals surface area contributed by atoms with Crippen LogP contribution in [0.4, 0.5) is 0 Å². The molecule has 3 nitrogen and oxygen atoms in total.